The largest absolute Gasteiger partial charge is 0.465 e. The van der Waals surface area contributed by atoms with E-state index >= 15 is 0 Å². The van der Waals surface area contributed by atoms with Crippen LogP contribution in [0.1, 0.15) is 63.0 Å². The lowest BCUT2D eigenvalue weighted by atomic mass is 10.1. The number of nitro benzene ring substituents is 1. The molecule has 0 fully saturated rings. The number of hydrogen-bond donors (Lipinski definition) is 2. The molecule has 0 spiro atoms. The highest BCUT2D eigenvalue weighted by Crippen LogP contribution is 2.21. The van der Waals surface area contributed by atoms with Gasteiger partial charge in [0.2, 0.25) is 0 Å². The maximum absolute atomic E-state index is 13.3. The van der Waals surface area contributed by atoms with Crippen LogP contribution in [0.5, 0.6) is 0 Å². The Morgan fingerprint density at radius 3 is 2.15 bits per heavy atom. The first kappa shape index (κ1) is 40.2. The Morgan fingerprint density at radius 1 is 0.885 bits per heavy atom. The fourth-order valence-corrected chi connectivity index (χ4v) is 4.67. The molecule has 0 aliphatic rings. The second-order valence-corrected chi connectivity index (χ2v) is 12.4. The Kier molecular flexibility index (Phi) is 14.9. The number of nitrogens with one attached hydrogen (secondary N) is 2. The summed E-state index contributed by atoms with van der Waals surface area (Å²) in [5.41, 5.74) is 0.893. The van der Waals surface area contributed by atoms with Gasteiger partial charge in [0.25, 0.3) is 17.5 Å². The van der Waals surface area contributed by atoms with E-state index in [1.807, 2.05) is 0 Å². The average molecular weight is 718 g/mol. The van der Waals surface area contributed by atoms with Crippen LogP contribution in [0.2, 0.25) is 0 Å². The minimum atomic E-state index is -0.854. The lowest BCUT2D eigenvalue weighted by Gasteiger charge is -2.24. The van der Waals surface area contributed by atoms with Crippen LogP contribution in [0, 0.1) is 10.1 Å². The Labute approximate surface area is 301 Å². The number of alkyl carbamates (subject to hydrolysis) is 1. The number of carbonyl (C=O) groups is 5. The van der Waals surface area contributed by atoms with Crippen molar-refractivity contribution in [3.8, 4) is 0 Å². The summed E-state index contributed by atoms with van der Waals surface area (Å²) < 4.78 is 15.1. The molecule has 52 heavy (non-hydrogen) atoms. The lowest BCUT2D eigenvalue weighted by Crippen LogP contribution is -2.42. The van der Waals surface area contributed by atoms with E-state index < -0.39 is 34.4 Å². The molecule has 4 amide bonds. The van der Waals surface area contributed by atoms with Crippen molar-refractivity contribution in [2.75, 3.05) is 46.9 Å². The molecule has 2 N–H and O–H groups in total. The van der Waals surface area contributed by atoms with Gasteiger partial charge in [-0.25, -0.2) is 14.4 Å². The zero-order valence-corrected chi connectivity index (χ0v) is 29.7. The molecule has 3 aromatic carbocycles. The van der Waals surface area contributed by atoms with Crippen LogP contribution in [0.3, 0.4) is 0 Å². The van der Waals surface area contributed by atoms with Gasteiger partial charge < -0.3 is 34.6 Å². The van der Waals surface area contributed by atoms with E-state index in [-0.39, 0.29) is 50.2 Å². The van der Waals surface area contributed by atoms with Crippen LogP contribution >= 0.6 is 0 Å². The predicted octanol–water partition coefficient (Wildman–Crippen LogP) is 5.06. The second kappa shape index (κ2) is 19.2. The lowest BCUT2D eigenvalue weighted by molar-refractivity contribution is -0.385. The fourth-order valence-electron chi connectivity index (χ4n) is 4.67. The molecule has 276 valence electrons. The molecule has 0 heterocycles. The fraction of sp³-hybridized carbons (Fsp3) is 0.324. The highest BCUT2D eigenvalue weighted by Gasteiger charge is 2.22. The van der Waals surface area contributed by atoms with Gasteiger partial charge in [0.05, 0.1) is 12.0 Å². The SMILES string of the molecule is COC(=O)c1cc(/C=C/COC(=O)NCCN(CCNC(=O)c2ccc(CN(C)C(=O)OC(C)(C)C)cc2)C(=O)c2ccccc2)ccc1[N+](=O)[O-]. The number of rotatable bonds is 15. The Bertz CT molecular complexity index is 1750. The molecule has 0 aliphatic carbocycles. The summed E-state index contributed by atoms with van der Waals surface area (Å²) in [6.07, 6.45) is 1.82. The number of hydrogen-bond acceptors (Lipinski definition) is 10. The zero-order valence-electron chi connectivity index (χ0n) is 29.7. The van der Waals surface area contributed by atoms with E-state index in [2.05, 4.69) is 15.4 Å². The first-order valence-electron chi connectivity index (χ1n) is 16.3. The topological polar surface area (TPSA) is 187 Å². The number of benzene rings is 3. The Balaban J connectivity index is 1.50. The van der Waals surface area contributed by atoms with E-state index in [0.717, 1.165) is 12.7 Å². The highest BCUT2D eigenvalue weighted by molar-refractivity contribution is 5.95. The molecule has 0 unspecified atom stereocenters. The molecule has 15 heteroatoms. The molecule has 0 atom stereocenters. The van der Waals surface area contributed by atoms with Gasteiger partial charge in [0, 0.05) is 57.0 Å². The van der Waals surface area contributed by atoms with Crippen molar-refractivity contribution in [3.63, 3.8) is 0 Å². The third kappa shape index (κ3) is 12.9. The summed E-state index contributed by atoms with van der Waals surface area (Å²) in [5.74, 6) is -1.49. The molecule has 0 aromatic heterocycles. The van der Waals surface area contributed by atoms with Gasteiger partial charge in [-0.3, -0.25) is 19.7 Å². The zero-order chi connectivity index (χ0) is 38.3. The van der Waals surface area contributed by atoms with E-state index in [1.165, 1.54) is 40.2 Å². The van der Waals surface area contributed by atoms with Crippen LogP contribution in [0.4, 0.5) is 15.3 Å². The third-order valence-electron chi connectivity index (χ3n) is 7.21. The summed E-state index contributed by atoms with van der Waals surface area (Å²) in [6, 6.07) is 19.3. The number of methoxy groups -OCH3 is 1. The number of nitrogens with zero attached hydrogens (tertiary/aromatic N) is 3. The minimum Gasteiger partial charge on any atom is -0.465 e. The molecule has 0 bridgehead atoms. The highest BCUT2D eigenvalue weighted by atomic mass is 16.6. The van der Waals surface area contributed by atoms with E-state index in [9.17, 15) is 34.1 Å². The normalized spacial score (nSPS) is 10.9. The molecule has 15 nitrogen and oxygen atoms in total. The monoisotopic (exact) mass is 717 g/mol. The van der Waals surface area contributed by atoms with Gasteiger partial charge in [0.15, 0.2) is 0 Å². The number of ether oxygens (including phenoxy) is 3. The van der Waals surface area contributed by atoms with Crippen LogP contribution in [0.25, 0.3) is 6.08 Å². The summed E-state index contributed by atoms with van der Waals surface area (Å²) in [5, 5.41) is 16.6. The number of carbonyl (C=O) groups excluding carboxylic acids is 5. The molecule has 0 saturated carbocycles. The first-order valence-corrected chi connectivity index (χ1v) is 16.3. The van der Waals surface area contributed by atoms with E-state index in [1.54, 1.807) is 82.4 Å². The average Bonchev–Trinajstić information content (AvgIpc) is 3.11. The molecule has 0 radical (unpaired) electrons. The quantitative estimate of drug-likeness (QED) is 0.0932. The number of esters is 1. The maximum atomic E-state index is 13.3. The van der Waals surface area contributed by atoms with Gasteiger partial charge in [-0.05, 0) is 74.4 Å². The predicted molar refractivity (Wildman–Crippen MR) is 192 cm³/mol. The number of amides is 4. The van der Waals surface area contributed by atoms with Gasteiger partial charge in [-0.2, -0.15) is 0 Å². The molecular weight excluding hydrogens is 674 g/mol. The summed E-state index contributed by atoms with van der Waals surface area (Å²) >= 11 is 0. The van der Waals surface area contributed by atoms with Crippen molar-refractivity contribution in [1.82, 2.24) is 20.4 Å². The van der Waals surface area contributed by atoms with Crippen LogP contribution in [-0.4, -0.2) is 97.2 Å². The molecule has 3 aromatic rings. The van der Waals surface area contributed by atoms with E-state index in [4.69, 9.17) is 9.47 Å². The first-order chi connectivity index (χ1) is 24.7. The number of nitro groups is 1. The maximum Gasteiger partial charge on any atom is 0.410 e. The minimum absolute atomic E-state index is 0.0547. The van der Waals surface area contributed by atoms with Crippen molar-refractivity contribution in [3.05, 3.63) is 117 Å². The standard InChI is InChI=1S/C37H43N5O10/c1-37(2,3)52-36(47)40(4)25-27-13-16-28(17-14-27)32(43)38-19-21-41(33(44)29-11-7-6-8-12-29)22-20-39-35(46)51-23-9-10-26-15-18-31(42(48)49)30(24-26)34(45)50-5/h6-18,24H,19-23,25H2,1-5H3,(H,38,43)(H,39,46)/b10-9+. The van der Waals surface area contributed by atoms with Crippen LogP contribution < -0.4 is 10.6 Å². The van der Waals surface area contributed by atoms with Crippen molar-refractivity contribution in [2.45, 2.75) is 32.9 Å². The van der Waals surface area contributed by atoms with E-state index in [0.29, 0.717) is 23.2 Å². The smallest absolute Gasteiger partial charge is 0.410 e. The van der Waals surface area contributed by atoms with Gasteiger partial charge in [-0.15, -0.1) is 0 Å². The summed E-state index contributed by atoms with van der Waals surface area (Å²) in [7, 11) is 2.75. The second-order valence-electron chi connectivity index (χ2n) is 12.4. The van der Waals surface area contributed by atoms with Crippen LogP contribution in [0.15, 0.2) is 78.9 Å². The Morgan fingerprint density at radius 2 is 1.54 bits per heavy atom. The summed E-state index contributed by atoms with van der Waals surface area (Å²) in [4.78, 5) is 76.1. The van der Waals surface area contributed by atoms with Gasteiger partial charge in [-0.1, -0.05) is 36.4 Å². The Hall–Kier alpha value is -6.25. The molecule has 0 aliphatic heterocycles. The molecular formula is C37H43N5O10. The van der Waals surface area contributed by atoms with Crippen molar-refractivity contribution in [2.24, 2.45) is 0 Å². The van der Waals surface area contributed by atoms with Gasteiger partial charge >= 0.3 is 18.2 Å². The summed E-state index contributed by atoms with van der Waals surface area (Å²) in [6.45, 7) is 5.99. The van der Waals surface area contributed by atoms with Crippen molar-refractivity contribution >= 4 is 41.7 Å². The van der Waals surface area contributed by atoms with Crippen LogP contribution in [-0.2, 0) is 20.8 Å². The van der Waals surface area contributed by atoms with Crippen molar-refractivity contribution < 1.29 is 43.1 Å². The third-order valence-corrected chi connectivity index (χ3v) is 7.21. The molecule has 3 rings (SSSR count). The molecule has 0 saturated heterocycles. The van der Waals surface area contributed by atoms with Gasteiger partial charge in [0.1, 0.15) is 17.8 Å². The van der Waals surface area contributed by atoms with Crippen molar-refractivity contribution in [1.29, 1.82) is 0 Å².